The number of ether oxygens (including phenoxy) is 1. The third-order valence-electron chi connectivity index (χ3n) is 7.40. The highest BCUT2D eigenvalue weighted by molar-refractivity contribution is 5.86. The zero-order chi connectivity index (χ0) is 25.7. The Morgan fingerprint density at radius 2 is 1.51 bits per heavy atom. The Hall–Kier alpha value is -3.68. The molecule has 0 unspecified atom stereocenters. The number of carbonyl (C=O) groups is 2. The number of aliphatic hydroxyl groups is 1. The molecule has 3 aromatic carbocycles. The van der Waals surface area contributed by atoms with Crippen LogP contribution in [0.25, 0.3) is 0 Å². The summed E-state index contributed by atoms with van der Waals surface area (Å²) >= 11 is 0. The van der Waals surface area contributed by atoms with Crippen molar-refractivity contribution in [1.82, 2.24) is 15.5 Å². The molecule has 1 heterocycles. The molecule has 2 fully saturated rings. The van der Waals surface area contributed by atoms with Crippen molar-refractivity contribution in [1.29, 1.82) is 0 Å². The molecule has 3 N–H and O–H groups in total. The predicted octanol–water partition coefficient (Wildman–Crippen LogP) is 4.02. The monoisotopic (exact) mass is 499 g/mol. The first-order valence-corrected chi connectivity index (χ1v) is 12.9. The van der Waals surface area contributed by atoms with Crippen LogP contribution < -0.4 is 15.4 Å². The molecule has 1 aliphatic heterocycles. The van der Waals surface area contributed by atoms with Crippen LogP contribution in [0.15, 0.2) is 91.0 Å². The van der Waals surface area contributed by atoms with Gasteiger partial charge >= 0.3 is 6.09 Å². The fraction of sp³-hybridized carbons (Fsp3) is 0.333. The van der Waals surface area contributed by atoms with Crippen LogP contribution in [0, 0.1) is 0 Å². The maximum absolute atomic E-state index is 13.8. The van der Waals surface area contributed by atoms with Crippen molar-refractivity contribution in [2.24, 2.45) is 0 Å². The van der Waals surface area contributed by atoms with Crippen molar-refractivity contribution in [2.45, 2.75) is 62.5 Å². The summed E-state index contributed by atoms with van der Waals surface area (Å²) in [6.07, 6.45) is 2.22. The van der Waals surface area contributed by atoms with E-state index in [4.69, 9.17) is 4.74 Å². The highest BCUT2D eigenvalue weighted by atomic mass is 16.6. The summed E-state index contributed by atoms with van der Waals surface area (Å²) < 4.78 is 5.44. The second-order valence-corrected chi connectivity index (χ2v) is 9.90. The average Bonchev–Trinajstić information content (AvgIpc) is 3.50. The van der Waals surface area contributed by atoms with E-state index in [-0.39, 0.29) is 5.91 Å². The SMILES string of the molecule is O=C(N[C@@H](Cc1ccccc1)[C@H](O)[C@@H]1NC2(CCCC2)N(Cc2ccccc2)C1=O)Oc1ccccc1. The number of hydrogen-bond donors (Lipinski definition) is 3. The Balaban J connectivity index is 1.37. The first-order valence-electron chi connectivity index (χ1n) is 12.9. The molecule has 7 heteroatoms. The Morgan fingerprint density at radius 1 is 0.946 bits per heavy atom. The van der Waals surface area contributed by atoms with Crippen molar-refractivity contribution < 1.29 is 19.4 Å². The number of benzene rings is 3. The summed E-state index contributed by atoms with van der Waals surface area (Å²) in [7, 11) is 0. The van der Waals surface area contributed by atoms with E-state index in [0.717, 1.165) is 36.8 Å². The van der Waals surface area contributed by atoms with E-state index in [1.54, 1.807) is 24.3 Å². The van der Waals surface area contributed by atoms with Gasteiger partial charge in [0.1, 0.15) is 11.8 Å². The van der Waals surface area contributed by atoms with Crippen LogP contribution in [0.1, 0.15) is 36.8 Å². The van der Waals surface area contributed by atoms with Crippen molar-refractivity contribution in [3.8, 4) is 5.75 Å². The molecule has 2 amide bonds. The van der Waals surface area contributed by atoms with Crippen molar-refractivity contribution in [2.75, 3.05) is 0 Å². The molecule has 3 aromatic rings. The largest absolute Gasteiger partial charge is 0.412 e. The minimum Gasteiger partial charge on any atom is -0.410 e. The quantitative estimate of drug-likeness (QED) is 0.436. The predicted molar refractivity (Wildman–Crippen MR) is 141 cm³/mol. The Bertz CT molecular complexity index is 1180. The highest BCUT2D eigenvalue weighted by Gasteiger charge is 2.54. The molecule has 1 spiro atoms. The van der Waals surface area contributed by atoms with E-state index < -0.39 is 29.9 Å². The lowest BCUT2D eigenvalue weighted by Gasteiger charge is -2.35. The number of rotatable bonds is 8. The molecule has 1 saturated heterocycles. The van der Waals surface area contributed by atoms with Crippen LogP contribution in [0.5, 0.6) is 5.75 Å². The number of nitrogens with one attached hydrogen (secondary N) is 2. The first-order chi connectivity index (χ1) is 18.0. The summed E-state index contributed by atoms with van der Waals surface area (Å²) in [5.74, 6) is 0.261. The van der Waals surface area contributed by atoms with Gasteiger partial charge in [-0.2, -0.15) is 0 Å². The molecule has 0 aromatic heterocycles. The molecule has 0 bridgehead atoms. The lowest BCUT2D eigenvalue weighted by atomic mass is 9.96. The molecule has 192 valence electrons. The van der Waals surface area contributed by atoms with E-state index in [1.165, 1.54) is 0 Å². The minimum absolute atomic E-state index is 0.144. The maximum atomic E-state index is 13.8. The third kappa shape index (κ3) is 5.68. The van der Waals surface area contributed by atoms with Crippen molar-refractivity contribution in [3.63, 3.8) is 0 Å². The number of hydrogen-bond acceptors (Lipinski definition) is 5. The van der Waals surface area contributed by atoms with Gasteiger partial charge < -0.3 is 20.1 Å². The van der Waals surface area contributed by atoms with Crippen LogP contribution in [0.4, 0.5) is 4.79 Å². The number of aliphatic hydroxyl groups excluding tert-OH is 1. The lowest BCUT2D eigenvalue weighted by Crippen LogP contribution is -2.56. The number of nitrogens with zero attached hydrogens (tertiary/aromatic N) is 1. The minimum atomic E-state index is -1.16. The van der Waals surface area contributed by atoms with Gasteiger partial charge in [0.2, 0.25) is 5.91 Å². The molecule has 7 nitrogen and oxygen atoms in total. The van der Waals surface area contributed by atoms with E-state index in [1.807, 2.05) is 71.6 Å². The molecule has 1 aliphatic carbocycles. The van der Waals surface area contributed by atoms with Gasteiger partial charge in [-0.25, -0.2) is 4.79 Å². The Kier molecular flexibility index (Phi) is 7.53. The molecule has 5 rings (SSSR count). The van der Waals surface area contributed by atoms with Gasteiger partial charge in [0.05, 0.1) is 17.8 Å². The van der Waals surface area contributed by atoms with Crippen molar-refractivity contribution >= 4 is 12.0 Å². The van der Waals surface area contributed by atoms with E-state index in [0.29, 0.717) is 18.7 Å². The topological polar surface area (TPSA) is 90.9 Å². The summed E-state index contributed by atoms with van der Waals surface area (Å²) in [4.78, 5) is 28.5. The van der Waals surface area contributed by atoms with Crippen LogP contribution in [-0.2, 0) is 17.8 Å². The summed E-state index contributed by atoms with van der Waals surface area (Å²) in [6.45, 7) is 0.475. The second-order valence-electron chi connectivity index (χ2n) is 9.90. The van der Waals surface area contributed by atoms with Gasteiger partial charge in [0.15, 0.2) is 0 Å². The summed E-state index contributed by atoms with van der Waals surface area (Å²) in [6, 6.07) is 26.7. The fourth-order valence-corrected chi connectivity index (χ4v) is 5.54. The number of carbonyl (C=O) groups excluding carboxylic acids is 2. The molecule has 37 heavy (non-hydrogen) atoms. The summed E-state index contributed by atoms with van der Waals surface area (Å²) in [5.41, 5.74) is 1.50. The second kappa shape index (κ2) is 11.2. The summed E-state index contributed by atoms with van der Waals surface area (Å²) in [5, 5.41) is 17.9. The molecular weight excluding hydrogens is 466 g/mol. The maximum Gasteiger partial charge on any atom is 0.412 e. The van der Waals surface area contributed by atoms with Gasteiger partial charge in [0, 0.05) is 6.54 Å². The average molecular weight is 500 g/mol. The zero-order valence-electron chi connectivity index (χ0n) is 20.8. The molecule has 3 atom stereocenters. The fourth-order valence-electron chi connectivity index (χ4n) is 5.54. The van der Waals surface area contributed by atoms with Gasteiger partial charge in [-0.05, 0) is 55.4 Å². The van der Waals surface area contributed by atoms with E-state index in [9.17, 15) is 14.7 Å². The van der Waals surface area contributed by atoms with Gasteiger partial charge in [-0.15, -0.1) is 0 Å². The van der Waals surface area contributed by atoms with E-state index >= 15 is 0 Å². The standard InChI is InChI=1S/C30H33N3O4/c34-27(25(20-22-12-4-1-5-13-22)31-29(36)37-24-16-8-3-9-17-24)26-28(35)33(21-23-14-6-2-7-15-23)30(32-26)18-10-11-19-30/h1-9,12-17,25-27,32,34H,10-11,18-21H2,(H,31,36)/t25-,26-,27-/m0/s1. The van der Waals surface area contributed by atoms with Gasteiger partial charge in [-0.1, -0.05) is 78.9 Å². The van der Waals surface area contributed by atoms with Crippen LogP contribution in [-0.4, -0.2) is 45.9 Å². The van der Waals surface area contributed by atoms with E-state index in [2.05, 4.69) is 10.6 Å². The highest BCUT2D eigenvalue weighted by Crippen LogP contribution is 2.39. The molecular formula is C30H33N3O4. The Morgan fingerprint density at radius 3 is 2.14 bits per heavy atom. The van der Waals surface area contributed by atoms with Gasteiger partial charge in [0.25, 0.3) is 0 Å². The first kappa shape index (κ1) is 25.0. The van der Waals surface area contributed by atoms with Gasteiger partial charge in [-0.3, -0.25) is 10.1 Å². The number of amides is 2. The van der Waals surface area contributed by atoms with Crippen LogP contribution in [0.3, 0.4) is 0 Å². The van der Waals surface area contributed by atoms with Crippen molar-refractivity contribution in [3.05, 3.63) is 102 Å². The lowest BCUT2D eigenvalue weighted by molar-refractivity contribution is -0.134. The normalized spacial score (nSPS) is 20.1. The smallest absolute Gasteiger partial charge is 0.410 e. The number of para-hydroxylation sites is 1. The molecule has 2 aliphatic rings. The third-order valence-corrected chi connectivity index (χ3v) is 7.40. The van der Waals surface area contributed by atoms with Crippen LogP contribution >= 0.6 is 0 Å². The molecule has 0 radical (unpaired) electrons. The Labute approximate surface area is 217 Å². The molecule has 1 saturated carbocycles. The van der Waals surface area contributed by atoms with Crippen LogP contribution in [0.2, 0.25) is 0 Å². The zero-order valence-corrected chi connectivity index (χ0v) is 20.8.